The standard InChI is InChI=1S/C15H20ClN3/c1-18(2)13-4-3-8-19(9-7-13)14-6-5-12(11-17)15(16)10-14/h5-6,10,13H,3-4,7-9H2,1-2H3/t13-/m1/s1. The summed E-state index contributed by atoms with van der Waals surface area (Å²) in [7, 11) is 4.30. The maximum Gasteiger partial charge on any atom is 0.101 e. The molecular formula is C15H20ClN3. The van der Waals surface area contributed by atoms with Gasteiger partial charge in [0.25, 0.3) is 0 Å². The molecule has 0 saturated carbocycles. The Balaban J connectivity index is 2.10. The number of rotatable bonds is 2. The van der Waals surface area contributed by atoms with Crippen LogP contribution in [-0.4, -0.2) is 38.1 Å². The molecule has 0 spiro atoms. The third kappa shape index (κ3) is 3.40. The molecule has 0 aliphatic carbocycles. The Bertz CT molecular complexity index is 479. The maximum atomic E-state index is 8.91. The van der Waals surface area contributed by atoms with Crippen molar-refractivity contribution in [3.05, 3.63) is 28.8 Å². The molecule has 0 bridgehead atoms. The van der Waals surface area contributed by atoms with Crippen LogP contribution >= 0.6 is 11.6 Å². The molecule has 19 heavy (non-hydrogen) atoms. The lowest BCUT2D eigenvalue weighted by atomic mass is 10.1. The molecular weight excluding hydrogens is 258 g/mol. The highest BCUT2D eigenvalue weighted by Gasteiger charge is 2.19. The van der Waals surface area contributed by atoms with Gasteiger partial charge < -0.3 is 9.80 Å². The lowest BCUT2D eigenvalue weighted by Crippen LogP contribution is -2.30. The van der Waals surface area contributed by atoms with E-state index < -0.39 is 0 Å². The molecule has 0 radical (unpaired) electrons. The number of halogens is 1. The van der Waals surface area contributed by atoms with E-state index in [0.29, 0.717) is 16.6 Å². The van der Waals surface area contributed by atoms with Gasteiger partial charge in [-0.25, -0.2) is 0 Å². The molecule has 0 amide bonds. The van der Waals surface area contributed by atoms with Crippen LogP contribution < -0.4 is 4.90 Å². The predicted octanol–water partition coefficient (Wildman–Crippen LogP) is 3.13. The van der Waals surface area contributed by atoms with Gasteiger partial charge in [-0.15, -0.1) is 0 Å². The van der Waals surface area contributed by atoms with E-state index in [4.69, 9.17) is 16.9 Å². The topological polar surface area (TPSA) is 30.3 Å². The van der Waals surface area contributed by atoms with E-state index in [9.17, 15) is 0 Å². The summed E-state index contributed by atoms with van der Waals surface area (Å²) < 4.78 is 0. The molecule has 1 saturated heterocycles. The lowest BCUT2D eigenvalue weighted by molar-refractivity contribution is 0.272. The molecule has 1 aliphatic heterocycles. The average Bonchev–Trinajstić information content (AvgIpc) is 2.64. The fourth-order valence-electron chi connectivity index (χ4n) is 2.64. The van der Waals surface area contributed by atoms with E-state index in [0.717, 1.165) is 18.8 Å². The second-order valence-electron chi connectivity index (χ2n) is 5.31. The minimum absolute atomic E-state index is 0.548. The van der Waals surface area contributed by atoms with Gasteiger partial charge in [0.15, 0.2) is 0 Å². The van der Waals surface area contributed by atoms with Crippen molar-refractivity contribution in [3.63, 3.8) is 0 Å². The van der Waals surface area contributed by atoms with Gasteiger partial charge in [-0.3, -0.25) is 0 Å². The van der Waals surface area contributed by atoms with Crippen molar-refractivity contribution in [3.8, 4) is 6.07 Å². The van der Waals surface area contributed by atoms with Crippen LogP contribution in [0.2, 0.25) is 5.02 Å². The van der Waals surface area contributed by atoms with Gasteiger partial charge in [-0.05, 0) is 51.6 Å². The molecule has 0 N–H and O–H groups in total. The Morgan fingerprint density at radius 2 is 2.11 bits per heavy atom. The highest BCUT2D eigenvalue weighted by molar-refractivity contribution is 6.32. The Morgan fingerprint density at radius 1 is 1.32 bits per heavy atom. The van der Waals surface area contributed by atoms with Gasteiger partial charge in [-0.2, -0.15) is 5.26 Å². The van der Waals surface area contributed by atoms with Crippen LogP contribution in [0, 0.1) is 11.3 Å². The van der Waals surface area contributed by atoms with Crippen LogP contribution in [0.15, 0.2) is 18.2 Å². The molecule has 102 valence electrons. The van der Waals surface area contributed by atoms with Gasteiger partial charge in [0, 0.05) is 24.8 Å². The van der Waals surface area contributed by atoms with Gasteiger partial charge in [-0.1, -0.05) is 11.6 Å². The number of hydrogen-bond donors (Lipinski definition) is 0. The first-order valence-electron chi connectivity index (χ1n) is 6.73. The SMILES string of the molecule is CN(C)[C@@H]1CCCN(c2ccc(C#N)c(Cl)c2)CC1. The van der Waals surface area contributed by atoms with Gasteiger partial charge in [0.05, 0.1) is 10.6 Å². The van der Waals surface area contributed by atoms with E-state index in [1.54, 1.807) is 0 Å². The molecule has 1 aromatic rings. The molecule has 0 unspecified atom stereocenters. The number of benzene rings is 1. The summed E-state index contributed by atoms with van der Waals surface area (Å²) in [4.78, 5) is 4.69. The van der Waals surface area contributed by atoms with Crippen LogP contribution in [-0.2, 0) is 0 Å². The minimum atomic E-state index is 0.548. The molecule has 4 heteroatoms. The van der Waals surface area contributed by atoms with E-state index >= 15 is 0 Å². The minimum Gasteiger partial charge on any atom is -0.371 e. The summed E-state index contributed by atoms with van der Waals surface area (Å²) >= 11 is 6.11. The second-order valence-corrected chi connectivity index (χ2v) is 5.72. The molecule has 0 aromatic heterocycles. The summed E-state index contributed by atoms with van der Waals surface area (Å²) in [6.07, 6.45) is 3.61. The third-order valence-electron chi connectivity index (χ3n) is 3.87. The fourth-order valence-corrected chi connectivity index (χ4v) is 2.86. The van der Waals surface area contributed by atoms with Crippen molar-refractivity contribution in [2.24, 2.45) is 0 Å². The first-order chi connectivity index (χ1) is 9.11. The van der Waals surface area contributed by atoms with Crippen molar-refractivity contribution >= 4 is 17.3 Å². The first-order valence-corrected chi connectivity index (χ1v) is 7.10. The lowest BCUT2D eigenvalue weighted by Gasteiger charge is -2.25. The highest BCUT2D eigenvalue weighted by atomic mass is 35.5. The number of anilines is 1. The highest BCUT2D eigenvalue weighted by Crippen LogP contribution is 2.26. The third-order valence-corrected chi connectivity index (χ3v) is 4.18. The molecule has 1 aliphatic rings. The molecule has 3 nitrogen and oxygen atoms in total. The molecule has 1 heterocycles. The van der Waals surface area contributed by atoms with E-state index in [2.05, 4.69) is 30.0 Å². The summed E-state index contributed by atoms with van der Waals surface area (Å²) in [5.41, 5.74) is 1.68. The average molecular weight is 278 g/mol. The number of nitrogens with zero attached hydrogens (tertiary/aromatic N) is 3. The largest absolute Gasteiger partial charge is 0.371 e. The van der Waals surface area contributed by atoms with E-state index in [1.807, 2.05) is 18.2 Å². The van der Waals surface area contributed by atoms with E-state index in [-0.39, 0.29) is 0 Å². The zero-order valence-corrected chi connectivity index (χ0v) is 12.3. The van der Waals surface area contributed by atoms with Gasteiger partial charge in [0.1, 0.15) is 6.07 Å². The van der Waals surface area contributed by atoms with Gasteiger partial charge >= 0.3 is 0 Å². The summed E-state index contributed by atoms with van der Waals surface area (Å²) in [6, 6.07) is 8.49. The van der Waals surface area contributed by atoms with Crippen molar-refractivity contribution in [1.29, 1.82) is 5.26 Å². The smallest absolute Gasteiger partial charge is 0.101 e. The predicted molar refractivity (Wildman–Crippen MR) is 79.7 cm³/mol. The van der Waals surface area contributed by atoms with Crippen molar-refractivity contribution in [2.45, 2.75) is 25.3 Å². The monoisotopic (exact) mass is 277 g/mol. The number of nitriles is 1. The summed E-state index contributed by atoms with van der Waals surface area (Å²) in [6.45, 7) is 2.11. The quantitative estimate of drug-likeness (QED) is 0.832. The Hall–Kier alpha value is -1.24. The maximum absolute atomic E-state index is 8.91. The zero-order valence-electron chi connectivity index (χ0n) is 11.6. The van der Waals surface area contributed by atoms with Crippen molar-refractivity contribution < 1.29 is 0 Å². The molecule has 1 aromatic carbocycles. The Morgan fingerprint density at radius 3 is 2.74 bits per heavy atom. The fraction of sp³-hybridized carbons (Fsp3) is 0.533. The Labute approximate surface area is 120 Å². The normalized spacial score (nSPS) is 20.2. The summed E-state index contributed by atoms with van der Waals surface area (Å²) in [5.74, 6) is 0. The van der Waals surface area contributed by atoms with Crippen molar-refractivity contribution in [1.82, 2.24) is 4.90 Å². The zero-order chi connectivity index (χ0) is 13.8. The van der Waals surface area contributed by atoms with Crippen LogP contribution in [0.5, 0.6) is 0 Å². The van der Waals surface area contributed by atoms with Crippen molar-refractivity contribution in [2.75, 3.05) is 32.1 Å². The van der Waals surface area contributed by atoms with Crippen LogP contribution in [0.4, 0.5) is 5.69 Å². The van der Waals surface area contributed by atoms with E-state index in [1.165, 1.54) is 19.3 Å². The molecule has 2 rings (SSSR count). The van der Waals surface area contributed by atoms with Crippen LogP contribution in [0.3, 0.4) is 0 Å². The molecule has 1 atom stereocenters. The Kier molecular flexibility index (Phi) is 4.68. The first kappa shape index (κ1) is 14.2. The number of hydrogen-bond acceptors (Lipinski definition) is 3. The van der Waals surface area contributed by atoms with Crippen LogP contribution in [0.1, 0.15) is 24.8 Å². The van der Waals surface area contributed by atoms with Gasteiger partial charge in [0.2, 0.25) is 0 Å². The van der Waals surface area contributed by atoms with Crippen LogP contribution in [0.25, 0.3) is 0 Å². The summed E-state index contributed by atoms with van der Waals surface area (Å²) in [5, 5.41) is 9.46. The second kappa shape index (κ2) is 6.27. The molecule has 1 fully saturated rings.